The van der Waals surface area contributed by atoms with Gasteiger partial charge in [0.15, 0.2) is 0 Å². The van der Waals surface area contributed by atoms with Crippen molar-refractivity contribution in [3.63, 3.8) is 0 Å². The molecule has 0 aliphatic heterocycles. The average Bonchev–Trinajstić information content (AvgIpc) is 2.93. The van der Waals surface area contributed by atoms with E-state index in [-0.39, 0.29) is 26.0 Å². The van der Waals surface area contributed by atoms with E-state index in [9.17, 15) is 21.6 Å². The first-order chi connectivity index (χ1) is 20.3. The molecule has 2 N–H and O–H groups in total. The molecule has 0 saturated heterocycles. The summed E-state index contributed by atoms with van der Waals surface area (Å²) in [5, 5.41) is 2.95. The Kier molecular flexibility index (Phi) is 7.94. The van der Waals surface area contributed by atoms with Crippen LogP contribution in [0.1, 0.15) is 44.1 Å². The summed E-state index contributed by atoms with van der Waals surface area (Å²) in [5.74, 6) is 1.84. The fourth-order valence-corrected chi connectivity index (χ4v) is 10.0. The highest BCUT2D eigenvalue weighted by Crippen LogP contribution is 2.60. The molecular formula is C31H33Cl2N3O5S2. The minimum atomic E-state index is -3.98. The molecule has 4 aliphatic carbocycles. The number of anilines is 3. The monoisotopic (exact) mass is 661 g/mol. The Labute approximate surface area is 262 Å². The van der Waals surface area contributed by atoms with Crippen LogP contribution < -0.4 is 14.3 Å². The lowest BCUT2D eigenvalue weighted by Crippen LogP contribution is -2.48. The van der Waals surface area contributed by atoms with Crippen molar-refractivity contribution in [1.82, 2.24) is 0 Å². The highest BCUT2D eigenvalue weighted by Gasteiger charge is 2.51. The van der Waals surface area contributed by atoms with Gasteiger partial charge in [0.05, 0.1) is 32.6 Å². The minimum Gasteiger partial charge on any atom is -0.325 e. The van der Waals surface area contributed by atoms with Gasteiger partial charge in [-0.05, 0) is 116 Å². The summed E-state index contributed by atoms with van der Waals surface area (Å²) >= 11 is 12.1. The smallest absolute Gasteiger partial charge is 0.261 e. The minimum absolute atomic E-state index is 0.0570. The third-order valence-corrected chi connectivity index (χ3v) is 12.5. The second-order valence-corrected chi connectivity index (χ2v) is 16.7. The lowest BCUT2D eigenvalue weighted by Gasteiger charge is -2.57. The molecule has 4 bridgehead atoms. The van der Waals surface area contributed by atoms with Crippen LogP contribution in [0.2, 0.25) is 10.0 Å². The lowest BCUT2D eigenvalue weighted by atomic mass is 9.48. The Bertz CT molecular complexity index is 1730. The van der Waals surface area contributed by atoms with E-state index in [1.807, 2.05) is 12.1 Å². The van der Waals surface area contributed by atoms with Crippen molar-refractivity contribution in [2.24, 2.45) is 17.8 Å². The van der Waals surface area contributed by atoms with Crippen molar-refractivity contribution in [3.05, 3.63) is 82.3 Å². The van der Waals surface area contributed by atoms with Crippen LogP contribution in [0.25, 0.3) is 0 Å². The Morgan fingerprint density at radius 1 is 0.860 bits per heavy atom. The molecule has 4 saturated carbocycles. The van der Waals surface area contributed by atoms with Crippen molar-refractivity contribution in [2.75, 3.05) is 27.1 Å². The van der Waals surface area contributed by atoms with Gasteiger partial charge in [-0.15, -0.1) is 0 Å². The molecule has 0 atom stereocenters. The lowest BCUT2D eigenvalue weighted by molar-refractivity contribution is -0.114. The number of amides is 1. The van der Waals surface area contributed by atoms with Crippen LogP contribution in [-0.4, -0.2) is 35.5 Å². The standard InChI is InChI=1S/C31H33Cl2N3O5S2/c1-42(38,39)36(25-9-5-23(6-10-25)31-16-20-13-21(17-31)15-22(14-20)18-31)19-29(37)34-24-7-11-26(12-8-24)43(40,41)35-28-4-2-3-27(32)30(28)33/h2-12,20-22,35H,13-19H2,1H3,(H,34,37). The maximum absolute atomic E-state index is 13.0. The number of hydrogen-bond donors (Lipinski definition) is 2. The van der Waals surface area contributed by atoms with Crippen LogP contribution in [0, 0.1) is 17.8 Å². The zero-order chi connectivity index (χ0) is 30.6. The molecular weight excluding hydrogens is 629 g/mol. The van der Waals surface area contributed by atoms with Crippen molar-refractivity contribution in [3.8, 4) is 0 Å². The van der Waals surface area contributed by atoms with E-state index < -0.39 is 32.5 Å². The van der Waals surface area contributed by atoms with Crippen molar-refractivity contribution in [2.45, 2.75) is 48.8 Å². The number of rotatable bonds is 9. The summed E-state index contributed by atoms with van der Waals surface area (Å²) in [6.45, 7) is -0.426. The van der Waals surface area contributed by atoms with Gasteiger partial charge in [-0.3, -0.25) is 13.8 Å². The van der Waals surface area contributed by atoms with E-state index in [0.29, 0.717) is 11.4 Å². The van der Waals surface area contributed by atoms with Gasteiger partial charge in [-0.25, -0.2) is 16.8 Å². The first-order valence-corrected chi connectivity index (χ1v) is 18.4. The van der Waals surface area contributed by atoms with E-state index in [1.54, 1.807) is 24.3 Å². The third-order valence-electron chi connectivity index (χ3n) is 9.14. The number of nitrogens with zero attached hydrogens (tertiary/aromatic N) is 1. The summed E-state index contributed by atoms with van der Waals surface area (Å²) in [6, 6.07) is 17.8. The Morgan fingerprint density at radius 2 is 1.44 bits per heavy atom. The molecule has 3 aromatic rings. The summed E-state index contributed by atoms with van der Waals surface area (Å²) in [5.41, 5.74) is 2.35. The molecule has 43 heavy (non-hydrogen) atoms. The summed E-state index contributed by atoms with van der Waals surface area (Å²) < 4.78 is 54.6. The van der Waals surface area contributed by atoms with Gasteiger partial charge in [0, 0.05) is 5.69 Å². The number of sulfonamides is 2. The van der Waals surface area contributed by atoms with Gasteiger partial charge in [-0.1, -0.05) is 41.4 Å². The molecule has 0 aromatic heterocycles. The molecule has 8 nitrogen and oxygen atoms in total. The number of halogens is 2. The molecule has 0 radical (unpaired) electrons. The third kappa shape index (κ3) is 6.25. The fourth-order valence-electron chi connectivity index (χ4n) is 7.68. The van der Waals surface area contributed by atoms with Gasteiger partial charge >= 0.3 is 0 Å². The van der Waals surface area contributed by atoms with Crippen LogP contribution in [0.3, 0.4) is 0 Å². The Morgan fingerprint density at radius 3 is 2.00 bits per heavy atom. The predicted octanol–water partition coefficient (Wildman–Crippen LogP) is 6.67. The largest absolute Gasteiger partial charge is 0.325 e. The molecule has 4 fully saturated rings. The second kappa shape index (κ2) is 11.3. The number of carbonyl (C=O) groups is 1. The first kappa shape index (κ1) is 30.2. The predicted molar refractivity (Wildman–Crippen MR) is 171 cm³/mol. The summed E-state index contributed by atoms with van der Waals surface area (Å²) in [6.07, 6.45) is 8.75. The number of nitrogens with one attached hydrogen (secondary N) is 2. The van der Waals surface area contributed by atoms with E-state index >= 15 is 0 Å². The molecule has 1 amide bonds. The van der Waals surface area contributed by atoms with Crippen LogP contribution in [0.15, 0.2) is 71.6 Å². The highest BCUT2D eigenvalue weighted by molar-refractivity contribution is 7.92. The van der Waals surface area contributed by atoms with Gasteiger partial charge < -0.3 is 5.32 Å². The number of carbonyl (C=O) groups excluding carboxylic acids is 1. The molecule has 0 spiro atoms. The molecule has 0 heterocycles. The van der Waals surface area contributed by atoms with Gasteiger partial charge in [0.2, 0.25) is 15.9 Å². The average molecular weight is 663 g/mol. The zero-order valence-corrected chi connectivity index (χ0v) is 26.7. The number of hydrogen-bond acceptors (Lipinski definition) is 5. The van der Waals surface area contributed by atoms with Gasteiger partial charge in [0.25, 0.3) is 10.0 Å². The molecule has 12 heteroatoms. The zero-order valence-electron chi connectivity index (χ0n) is 23.6. The second-order valence-electron chi connectivity index (χ2n) is 12.3. The highest BCUT2D eigenvalue weighted by atomic mass is 35.5. The van der Waals surface area contributed by atoms with E-state index in [0.717, 1.165) is 28.3 Å². The van der Waals surface area contributed by atoms with Crippen LogP contribution in [0.4, 0.5) is 17.1 Å². The Hall–Kier alpha value is -2.79. The molecule has 0 unspecified atom stereocenters. The molecule has 3 aromatic carbocycles. The normalized spacial score (nSPS) is 24.5. The van der Waals surface area contributed by atoms with Crippen molar-refractivity contribution < 1.29 is 21.6 Å². The SMILES string of the molecule is CS(=O)(=O)N(CC(=O)Nc1ccc(S(=O)(=O)Nc2cccc(Cl)c2Cl)cc1)c1ccc(C23CC4CC(CC(C4)C2)C3)cc1. The maximum atomic E-state index is 13.0. The topological polar surface area (TPSA) is 113 Å². The maximum Gasteiger partial charge on any atom is 0.261 e. The quantitative estimate of drug-likeness (QED) is 0.266. The van der Waals surface area contributed by atoms with Gasteiger partial charge in [-0.2, -0.15) is 0 Å². The fraction of sp³-hybridized carbons (Fsp3) is 0.387. The van der Waals surface area contributed by atoms with E-state index in [1.165, 1.54) is 74.4 Å². The van der Waals surface area contributed by atoms with E-state index in [2.05, 4.69) is 10.0 Å². The van der Waals surface area contributed by atoms with E-state index in [4.69, 9.17) is 23.2 Å². The number of benzene rings is 3. The van der Waals surface area contributed by atoms with Crippen molar-refractivity contribution in [1.29, 1.82) is 0 Å². The summed E-state index contributed by atoms with van der Waals surface area (Å²) in [7, 11) is -7.74. The summed E-state index contributed by atoms with van der Waals surface area (Å²) in [4.78, 5) is 12.9. The molecule has 4 aliphatic rings. The first-order valence-electron chi connectivity index (χ1n) is 14.3. The van der Waals surface area contributed by atoms with Gasteiger partial charge in [0.1, 0.15) is 6.54 Å². The molecule has 228 valence electrons. The van der Waals surface area contributed by atoms with Crippen LogP contribution in [-0.2, 0) is 30.3 Å². The van der Waals surface area contributed by atoms with Crippen molar-refractivity contribution >= 4 is 66.2 Å². The van der Waals surface area contributed by atoms with Crippen LogP contribution >= 0.6 is 23.2 Å². The van der Waals surface area contributed by atoms with Crippen LogP contribution in [0.5, 0.6) is 0 Å². The Balaban J connectivity index is 1.13. The molecule has 7 rings (SSSR count).